The maximum Gasteiger partial charge on any atom is 0.411 e. The fourth-order valence-corrected chi connectivity index (χ4v) is 3.18. The summed E-state index contributed by atoms with van der Waals surface area (Å²) in [5, 5.41) is 3.08. The van der Waals surface area contributed by atoms with Gasteiger partial charge in [-0.3, -0.25) is 0 Å². The van der Waals surface area contributed by atoms with Crippen LogP contribution in [0.25, 0.3) is 0 Å². The molecule has 0 aliphatic heterocycles. The van der Waals surface area contributed by atoms with Crippen molar-refractivity contribution in [2.24, 2.45) is 0 Å². The SMILES string of the molecule is CNC(CCOCC(F)(F)F)c1cc(Br)c(C)s1. The second-order valence-corrected chi connectivity index (χ2v) is 5.99. The Morgan fingerprint density at radius 3 is 2.61 bits per heavy atom. The highest BCUT2D eigenvalue weighted by molar-refractivity contribution is 9.10. The van der Waals surface area contributed by atoms with Crippen molar-refractivity contribution >= 4 is 27.3 Å². The number of hydrogen-bond donors (Lipinski definition) is 1. The first-order valence-corrected chi connectivity index (χ1v) is 7.02. The Kier molecular flexibility index (Phi) is 6.10. The van der Waals surface area contributed by atoms with Gasteiger partial charge in [0.1, 0.15) is 6.61 Å². The van der Waals surface area contributed by atoms with Crippen LogP contribution in [0.1, 0.15) is 22.2 Å². The van der Waals surface area contributed by atoms with Gasteiger partial charge in [-0.05, 0) is 42.4 Å². The summed E-state index contributed by atoms with van der Waals surface area (Å²) in [4.78, 5) is 2.25. The number of aryl methyl sites for hydroxylation is 1. The van der Waals surface area contributed by atoms with E-state index in [2.05, 4.69) is 26.0 Å². The normalized spacial score (nSPS) is 13.9. The first kappa shape index (κ1) is 15.9. The zero-order chi connectivity index (χ0) is 13.8. The van der Waals surface area contributed by atoms with E-state index in [1.165, 1.54) is 0 Å². The van der Waals surface area contributed by atoms with Gasteiger partial charge in [0.2, 0.25) is 0 Å². The van der Waals surface area contributed by atoms with Crippen molar-refractivity contribution in [3.63, 3.8) is 0 Å². The van der Waals surface area contributed by atoms with Crippen molar-refractivity contribution in [1.82, 2.24) is 5.32 Å². The summed E-state index contributed by atoms with van der Waals surface area (Å²) in [5.41, 5.74) is 0. The third-order valence-corrected chi connectivity index (χ3v) is 4.64. The van der Waals surface area contributed by atoms with Gasteiger partial charge in [0, 0.05) is 26.9 Å². The Labute approximate surface area is 117 Å². The molecular formula is C11H15BrF3NOS. The number of ether oxygens (including phenoxy) is 1. The third kappa shape index (κ3) is 5.26. The Morgan fingerprint density at radius 1 is 1.50 bits per heavy atom. The van der Waals surface area contributed by atoms with Gasteiger partial charge in [-0.15, -0.1) is 11.3 Å². The molecule has 1 atom stereocenters. The van der Waals surface area contributed by atoms with Crippen LogP contribution in [-0.4, -0.2) is 26.4 Å². The lowest BCUT2D eigenvalue weighted by Gasteiger charge is -2.15. The predicted molar refractivity (Wildman–Crippen MR) is 70.0 cm³/mol. The van der Waals surface area contributed by atoms with Crippen LogP contribution in [0.15, 0.2) is 10.5 Å². The van der Waals surface area contributed by atoms with Crippen molar-refractivity contribution in [3.05, 3.63) is 20.3 Å². The van der Waals surface area contributed by atoms with Crippen LogP contribution in [0, 0.1) is 6.92 Å². The molecule has 104 valence electrons. The molecule has 1 heterocycles. The van der Waals surface area contributed by atoms with E-state index in [4.69, 9.17) is 0 Å². The van der Waals surface area contributed by atoms with Crippen LogP contribution in [0.3, 0.4) is 0 Å². The molecule has 0 spiro atoms. The molecule has 1 N–H and O–H groups in total. The average Bonchev–Trinajstić information content (AvgIpc) is 2.57. The van der Waals surface area contributed by atoms with Gasteiger partial charge in [-0.2, -0.15) is 13.2 Å². The first-order valence-electron chi connectivity index (χ1n) is 5.41. The van der Waals surface area contributed by atoms with Gasteiger partial charge in [0.25, 0.3) is 0 Å². The Morgan fingerprint density at radius 2 is 2.17 bits per heavy atom. The summed E-state index contributed by atoms with van der Waals surface area (Å²) in [6, 6.07) is 2.01. The second kappa shape index (κ2) is 6.88. The number of rotatable bonds is 6. The van der Waals surface area contributed by atoms with Gasteiger partial charge in [-0.1, -0.05) is 0 Å². The molecule has 0 fully saturated rings. The molecule has 0 aliphatic rings. The molecule has 7 heteroatoms. The van der Waals surface area contributed by atoms with Gasteiger partial charge >= 0.3 is 6.18 Å². The highest BCUT2D eigenvalue weighted by Crippen LogP contribution is 2.31. The molecule has 1 aromatic heterocycles. The van der Waals surface area contributed by atoms with E-state index in [-0.39, 0.29) is 12.6 Å². The van der Waals surface area contributed by atoms with Crippen LogP contribution >= 0.6 is 27.3 Å². The molecule has 0 bridgehead atoms. The van der Waals surface area contributed by atoms with Gasteiger partial charge in [-0.25, -0.2) is 0 Å². The minimum atomic E-state index is -4.25. The molecule has 0 amide bonds. The van der Waals surface area contributed by atoms with Crippen molar-refractivity contribution in [2.45, 2.75) is 25.6 Å². The lowest BCUT2D eigenvalue weighted by Crippen LogP contribution is -2.21. The molecule has 18 heavy (non-hydrogen) atoms. The number of hydrogen-bond acceptors (Lipinski definition) is 3. The van der Waals surface area contributed by atoms with Gasteiger partial charge < -0.3 is 10.1 Å². The minimum absolute atomic E-state index is 0.0215. The summed E-state index contributed by atoms with van der Waals surface area (Å²) in [5.74, 6) is 0. The van der Waals surface area contributed by atoms with Crippen LogP contribution < -0.4 is 5.32 Å². The first-order chi connectivity index (χ1) is 8.33. The van der Waals surface area contributed by atoms with Gasteiger partial charge in [0.05, 0.1) is 0 Å². The molecule has 0 aromatic carbocycles. The Hall–Kier alpha value is -0.110. The van der Waals surface area contributed by atoms with Crippen molar-refractivity contribution in [2.75, 3.05) is 20.3 Å². The Bertz CT molecular complexity index is 361. The van der Waals surface area contributed by atoms with E-state index >= 15 is 0 Å². The van der Waals surface area contributed by atoms with Crippen LogP contribution in [0.2, 0.25) is 0 Å². The van der Waals surface area contributed by atoms with Crippen LogP contribution in [0.5, 0.6) is 0 Å². The second-order valence-electron chi connectivity index (χ2n) is 3.85. The number of nitrogens with one attached hydrogen (secondary N) is 1. The topological polar surface area (TPSA) is 21.3 Å². The monoisotopic (exact) mass is 345 g/mol. The van der Waals surface area contributed by atoms with E-state index in [9.17, 15) is 13.2 Å². The van der Waals surface area contributed by atoms with E-state index in [1.54, 1.807) is 18.4 Å². The molecule has 0 saturated carbocycles. The van der Waals surface area contributed by atoms with Crippen LogP contribution in [-0.2, 0) is 4.74 Å². The summed E-state index contributed by atoms with van der Waals surface area (Å²) in [7, 11) is 1.79. The lowest BCUT2D eigenvalue weighted by molar-refractivity contribution is -0.174. The van der Waals surface area contributed by atoms with Crippen LogP contribution in [0.4, 0.5) is 13.2 Å². The number of alkyl halides is 3. The standard InChI is InChI=1S/C11H15BrF3NOS/c1-7-8(12)5-10(18-7)9(16-2)3-4-17-6-11(13,14)15/h5,9,16H,3-4,6H2,1-2H3. The van der Waals surface area contributed by atoms with E-state index < -0.39 is 12.8 Å². The molecule has 2 nitrogen and oxygen atoms in total. The average molecular weight is 346 g/mol. The molecule has 1 aromatic rings. The zero-order valence-corrected chi connectivity index (χ0v) is 12.5. The highest BCUT2D eigenvalue weighted by atomic mass is 79.9. The summed E-state index contributed by atoms with van der Waals surface area (Å²) in [6.45, 7) is 0.890. The summed E-state index contributed by atoms with van der Waals surface area (Å²) >= 11 is 5.05. The third-order valence-electron chi connectivity index (χ3n) is 2.38. The number of thiophene rings is 1. The van der Waals surface area contributed by atoms with Crippen molar-refractivity contribution in [1.29, 1.82) is 0 Å². The van der Waals surface area contributed by atoms with E-state index in [0.717, 1.165) is 14.2 Å². The largest absolute Gasteiger partial charge is 0.411 e. The molecular weight excluding hydrogens is 331 g/mol. The molecule has 0 saturated heterocycles. The van der Waals surface area contributed by atoms with Crippen molar-refractivity contribution < 1.29 is 17.9 Å². The molecule has 0 aliphatic carbocycles. The molecule has 1 unspecified atom stereocenters. The predicted octanol–water partition coefficient (Wildman–Crippen LogP) is 4.05. The maximum atomic E-state index is 11.9. The molecule has 0 radical (unpaired) electrons. The minimum Gasteiger partial charge on any atom is -0.372 e. The zero-order valence-electron chi connectivity index (χ0n) is 10.1. The quantitative estimate of drug-likeness (QED) is 0.785. The highest BCUT2D eigenvalue weighted by Gasteiger charge is 2.27. The Balaban J connectivity index is 2.43. The van der Waals surface area contributed by atoms with E-state index in [0.29, 0.717) is 6.42 Å². The lowest BCUT2D eigenvalue weighted by atomic mass is 10.2. The summed E-state index contributed by atoms with van der Waals surface area (Å²) in [6.07, 6.45) is -3.74. The molecule has 1 rings (SSSR count). The fraction of sp³-hybridized carbons (Fsp3) is 0.636. The number of halogens is 4. The van der Waals surface area contributed by atoms with Gasteiger partial charge in [0.15, 0.2) is 0 Å². The maximum absolute atomic E-state index is 11.9. The van der Waals surface area contributed by atoms with Crippen molar-refractivity contribution in [3.8, 4) is 0 Å². The van der Waals surface area contributed by atoms with E-state index in [1.807, 2.05) is 13.0 Å². The fourth-order valence-electron chi connectivity index (χ4n) is 1.47. The summed E-state index contributed by atoms with van der Waals surface area (Å²) < 4.78 is 41.3. The smallest absolute Gasteiger partial charge is 0.372 e.